The van der Waals surface area contributed by atoms with Crippen LogP contribution < -0.4 is 15.5 Å². The topological polar surface area (TPSA) is 113 Å². The average molecular weight is 420 g/mol. The summed E-state index contributed by atoms with van der Waals surface area (Å²) >= 11 is 0. The highest BCUT2D eigenvalue weighted by Crippen LogP contribution is 2.21. The molecule has 0 aliphatic carbocycles. The number of amides is 1. The molecule has 0 atom stereocenters. The Balaban J connectivity index is 1.70. The van der Waals surface area contributed by atoms with Gasteiger partial charge in [0.15, 0.2) is 0 Å². The number of carbonyl (C=O) groups excluding carboxylic acids is 1. The van der Waals surface area contributed by atoms with Gasteiger partial charge < -0.3 is 15.5 Å². The van der Waals surface area contributed by atoms with Crippen molar-refractivity contribution in [2.75, 3.05) is 28.6 Å². The molecule has 160 valence electrons. The van der Waals surface area contributed by atoms with Gasteiger partial charge in [0, 0.05) is 53.9 Å². The van der Waals surface area contributed by atoms with Gasteiger partial charge in [0.1, 0.15) is 5.82 Å². The molecule has 0 saturated carbocycles. The quantitative estimate of drug-likeness (QED) is 0.406. The number of benzene rings is 2. The Labute approximate surface area is 180 Å². The summed E-state index contributed by atoms with van der Waals surface area (Å²) in [5.41, 5.74) is 2.28. The summed E-state index contributed by atoms with van der Waals surface area (Å²) in [6, 6.07) is 14.6. The molecule has 0 fully saturated rings. The number of nitrogens with one attached hydrogen (secondary N) is 2. The van der Waals surface area contributed by atoms with Crippen molar-refractivity contribution in [3.8, 4) is 0 Å². The molecule has 2 aromatic carbocycles. The lowest BCUT2D eigenvalue weighted by atomic mass is 10.2. The van der Waals surface area contributed by atoms with Gasteiger partial charge >= 0.3 is 0 Å². The van der Waals surface area contributed by atoms with Crippen LogP contribution in [0.5, 0.6) is 0 Å². The van der Waals surface area contributed by atoms with Gasteiger partial charge in [-0.2, -0.15) is 4.98 Å². The Kier molecular flexibility index (Phi) is 6.76. The SMILES string of the molecule is CCN(CC)c1cc(C)nc(Nc2ccc(NC(=O)c3cccc([N+](=O)[O-])c3)cc2)n1. The maximum absolute atomic E-state index is 12.4. The van der Waals surface area contributed by atoms with Crippen molar-refractivity contribution >= 4 is 34.7 Å². The minimum absolute atomic E-state index is 0.130. The molecule has 3 aromatic rings. The van der Waals surface area contributed by atoms with Crippen LogP contribution in [0.4, 0.5) is 28.8 Å². The second-order valence-corrected chi connectivity index (χ2v) is 6.83. The van der Waals surface area contributed by atoms with Crippen molar-refractivity contribution < 1.29 is 9.72 Å². The van der Waals surface area contributed by atoms with Crippen molar-refractivity contribution in [1.82, 2.24) is 9.97 Å². The van der Waals surface area contributed by atoms with Crippen LogP contribution in [-0.2, 0) is 0 Å². The number of rotatable bonds is 8. The molecule has 0 saturated heterocycles. The lowest BCUT2D eigenvalue weighted by molar-refractivity contribution is -0.384. The standard InChI is InChI=1S/C22H24N6O3/c1-4-27(5-2)20-13-15(3)23-22(26-20)25-18-11-9-17(10-12-18)24-21(29)16-7-6-8-19(14-16)28(30)31/h6-14H,4-5H2,1-3H3,(H,24,29)(H,23,25,26). The Morgan fingerprint density at radius 1 is 1.03 bits per heavy atom. The minimum Gasteiger partial charge on any atom is -0.357 e. The fourth-order valence-corrected chi connectivity index (χ4v) is 3.05. The maximum Gasteiger partial charge on any atom is 0.270 e. The first kappa shape index (κ1) is 21.7. The van der Waals surface area contributed by atoms with Gasteiger partial charge in [0.25, 0.3) is 11.6 Å². The number of hydrogen-bond acceptors (Lipinski definition) is 7. The molecular weight excluding hydrogens is 396 g/mol. The van der Waals surface area contributed by atoms with Crippen LogP contribution in [0.2, 0.25) is 0 Å². The van der Waals surface area contributed by atoms with Crippen LogP contribution in [0.25, 0.3) is 0 Å². The summed E-state index contributed by atoms with van der Waals surface area (Å²) in [5, 5.41) is 16.8. The number of non-ortho nitro benzene ring substituents is 1. The summed E-state index contributed by atoms with van der Waals surface area (Å²) in [4.78, 5) is 33.9. The monoisotopic (exact) mass is 420 g/mol. The second kappa shape index (κ2) is 9.66. The smallest absolute Gasteiger partial charge is 0.270 e. The molecule has 1 amide bonds. The van der Waals surface area contributed by atoms with Crippen molar-refractivity contribution in [3.05, 3.63) is 76.0 Å². The van der Waals surface area contributed by atoms with E-state index in [2.05, 4.69) is 39.3 Å². The van der Waals surface area contributed by atoms with Crippen LogP contribution in [0.3, 0.4) is 0 Å². The van der Waals surface area contributed by atoms with E-state index < -0.39 is 10.8 Å². The summed E-state index contributed by atoms with van der Waals surface area (Å²) in [6.45, 7) is 7.78. The van der Waals surface area contributed by atoms with E-state index in [0.717, 1.165) is 30.3 Å². The molecule has 0 radical (unpaired) electrons. The minimum atomic E-state index is -0.531. The summed E-state index contributed by atoms with van der Waals surface area (Å²) in [7, 11) is 0. The first-order valence-corrected chi connectivity index (χ1v) is 9.93. The zero-order chi connectivity index (χ0) is 22.4. The van der Waals surface area contributed by atoms with Gasteiger partial charge in [0.05, 0.1) is 4.92 Å². The Hall–Kier alpha value is -4.01. The number of nitro benzene ring substituents is 1. The first-order valence-electron chi connectivity index (χ1n) is 9.93. The largest absolute Gasteiger partial charge is 0.357 e. The number of nitrogens with zero attached hydrogens (tertiary/aromatic N) is 4. The van der Waals surface area contributed by atoms with Crippen LogP contribution >= 0.6 is 0 Å². The van der Waals surface area contributed by atoms with Crippen molar-refractivity contribution in [3.63, 3.8) is 0 Å². The summed E-state index contributed by atoms with van der Waals surface area (Å²) in [6.07, 6.45) is 0. The van der Waals surface area contributed by atoms with E-state index in [1.807, 2.05) is 13.0 Å². The number of aryl methyl sites for hydroxylation is 1. The lowest BCUT2D eigenvalue weighted by Crippen LogP contribution is -2.23. The third-order valence-electron chi connectivity index (χ3n) is 4.65. The molecule has 0 aliphatic heterocycles. The Bertz CT molecular complexity index is 1080. The molecule has 2 N–H and O–H groups in total. The van der Waals surface area contributed by atoms with Gasteiger partial charge in [-0.3, -0.25) is 14.9 Å². The molecule has 31 heavy (non-hydrogen) atoms. The molecule has 1 heterocycles. The number of carbonyl (C=O) groups is 1. The normalized spacial score (nSPS) is 10.4. The van der Waals surface area contributed by atoms with E-state index >= 15 is 0 Å². The highest BCUT2D eigenvalue weighted by molar-refractivity contribution is 6.04. The Morgan fingerprint density at radius 3 is 2.35 bits per heavy atom. The van der Waals surface area contributed by atoms with Crippen LogP contribution in [0, 0.1) is 17.0 Å². The molecule has 0 spiro atoms. The highest BCUT2D eigenvalue weighted by atomic mass is 16.6. The lowest BCUT2D eigenvalue weighted by Gasteiger charge is -2.20. The predicted octanol–water partition coefficient (Wildman–Crippen LogP) is 4.54. The van der Waals surface area contributed by atoms with Crippen LogP contribution in [-0.4, -0.2) is 33.9 Å². The maximum atomic E-state index is 12.4. The van der Waals surface area contributed by atoms with Gasteiger partial charge in [-0.15, -0.1) is 0 Å². The molecule has 0 bridgehead atoms. The van der Waals surface area contributed by atoms with Gasteiger partial charge in [0.2, 0.25) is 5.95 Å². The second-order valence-electron chi connectivity index (χ2n) is 6.83. The number of aromatic nitrogens is 2. The third-order valence-corrected chi connectivity index (χ3v) is 4.65. The number of anilines is 4. The van der Waals surface area contributed by atoms with E-state index in [-0.39, 0.29) is 11.3 Å². The van der Waals surface area contributed by atoms with E-state index in [4.69, 9.17) is 0 Å². The van der Waals surface area contributed by atoms with Gasteiger partial charge in [-0.25, -0.2) is 4.98 Å². The van der Waals surface area contributed by atoms with Crippen molar-refractivity contribution in [2.45, 2.75) is 20.8 Å². The molecule has 3 rings (SSSR count). The zero-order valence-corrected chi connectivity index (χ0v) is 17.6. The van der Waals surface area contributed by atoms with E-state index in [0.29, 0.717) is 11.6 Å². The summed E-state index contributed by atoms with van der Waals surface area (Å²) in [5.74, 6) is 0.936. The Morgan fingerprint density at radius 2 is 1.71 bits per heavy atom. The summed E-state index contributed by atoms with van der Waals surface area (Å²) < 4.78 is 0. The first-order chi connectivity index (χ1) is 14.9. The van der Waals surface area contributed by atoms with Crippen molar-refractivity contribution in [2.24, 2.45) is 0 Å². The van der Waals surface area contributed by atoms with E-state index in [1.165, 1.54) is 24.3 Å². The van der Waals surface area contributed by atoms with E-state index in [1.54, 1.807) is 24.3 Å². The fraction of sp³-hybridized carbons (Fsp3) is 0.227. The zero-order valence-electron chi connectivity index (χ0n) is 17.6. The molecular formula is C22H24N6O3. The molecule has 0 aliphatic rings. The number of hydrogen-bond donors (Lipinski definition) is 2. The highest BCUT2D eigenvalue weighted by Gasteiger charge is 2.12. The third kappa shape index (κ3) is 5.53. The van der Waals surface area contributed by atoms with Crippen LogP contribution in [0.15, 0.2) is 54.6 Å². The molecule has 0 unspecified atom stereocenters. The average Bonchev–Trinajstić information content (AvgIpc) is 2.75. The fourth-order valence-electron chi connectivity index (χ4n) is 3.05. The van der Waals surface area contributed by atoms with Crippen molar-refractivity contribution in [1.29, 1.82) is 0 Å². The molecule has 1 aromatic heterocycles. The predicted molar refractivity (Wildman–Crippen MR) is 121 cm³/mol. The van der Waals surface area contributed by atoms with Gasteiger partial charge in [-0.1, -0.05) is 6.07 Å². The number of nitro groups is 1. The molecule has 9 heteroatoms. The van der Waals surface area contributed by atoms with Crippen LogP contribution in [0.1, 0.15) is 29.9 Å². The molecule has 9 nitrogen and oxygen atoms in total. The van der Waals surface area contributed by atoms with E-state index in [9.17, 15) is 14.9 Å². The van der Waals surface area contributed by atoms with Gasteiger partial charge in [-0.05, 0) is 51.1 Å².